The van der Waals surface area contributed by atoms with Crippen LogP contribution >= 0.6 is 11.3 Å². The molecule has 12 aromatic rings. The summed E-state index contributed by atoms with van der Waals surface area (Å²) in [5.74, 6) is 1.69. The van der Waals surface area contributed by atoms with E-state index in [4.69, 9.17) is 24.4 Å². The van der Waals surface area contributed by atoms with E-state index in [-0.39, 0.29) is 0 Å². The molecule has 0 bridgehead atoms. The van der Waals surface area contributed by atoms with Crippen LogP contribution in [-0.2, 0) is 0 Å². The quantitative estimate of drug-likeness (QED) is 0.182. The first kappa shape index (κ1) is 29.4. The molecular formula is C46H26N6OS. The molecule has 0 aliphatic carbocycles. The van der Waals surface area contributed by atoms with Crippen molar-refractivity contribution < 1.29 is 4.42 Å². The van der Waals surface area contributed by atoms with E-state index in [0.29, 0.717) is 17.6 Å². The van der Waals surface area contributed by atoms with Gasteiger partial charge in [0.15, 0.2) is 16.8 Å². The van der Waals surface area contributed by atoms with Crippen molar-refractivity contribution in [3.05, 3.63) is 158 Å². The Balaban J connectivity index is 1.24. The number of para-hydroxylation sites is 4. The van der Waals surface area contributed by atoms with Crippen LogP contribution in [-0.4, -0.2) is 29.1 Å². The zero-order valence-corrected chi connectivity index (χ0v) is 29.3. The first-order valence-corrected chi connectivity index (χ1v) is 18.6. The summed E-state index contributed by atoms with van der Waals surface area (Å²) in [6.45, 7) is 0. The number of benzene rings is 7. The predicted octanol–water partition coefficient (Wildman–Crippen LogP) is 11.9. The molecule has 0 radical (unpaired) electrons. The molecule has 0 N–H and O–H groups in total. The van der Waals surface area contributed by atoms with E-state index in [9.17, 15) is 0 Å². The highest BCUT2D eigenvalue weighted by atomic mass is 32.1. The van der Waals surface area contributed by atoms with Crippen LogP contribution in [0.5, 0.6) is 0 Å². The fourth-order valence-corrected chi connectivity index (χ4v) is 9.11. The van der Waals surface area contributed by atoms with Crippen LogP contribution in [0.25, 0.3) is 110 Å². The van der Waals surface area contributed by atoms with Crippen LogP contribution in [0, 0.1) is 0 Å². The topological polar surface area (TPSA) is 74.6 Å². The maximum atomic E-state index is 6.32. The molecule has 0 saturated carbocycles. The molecule has 7 aromatic carbocycles. The molecule has 0 amide bonds. The Morgan fingerprint density at radius 3 is 1.87 bits per heavy atom. The van der Waals surface area contributed by atoms with Gasteiger partial charge in [0.1, 0.15) is 11.2 Å². The fourth-order valence-electron chi connectivity index (χ4n) is 8.13. The molecule has 0 unspecified atom stereocenters. The van der Waals surface area contributed by atoms with Gasteiger partial charge in [-0.1, -0.05) is 133 Å². The molecule has 252 valence electrons. The van der Waals surface area contributed by atoms with E-state index in [1.807, 2.05) is 66.7 Å². The second-order valence-electron chi connectivity index (χ2n) is 13.5. The lowest BCUT2D eigenvalue weighted by molar-refractivity contribution is 0.669. The molecule has 12 rings (SSSR count). The Hall–Kier alpha value is -7.16. The lowest BCUT2D eigenvalue weighted by Gasteiger charge is -2.12. The molecule has 0 fully saturated rings. The summed E-state index contributed by atoms with van der Waals surface area (Å²) in [5, 5.41) is 7.41. The van der Waals surface area contributed by atoms with E-state index in [2.05, 4.69) is 100 Å². The lowest BCUT2D eigenvalue weighted by atomic mass is 10.1. The minimum absolute atomic E-state index is 0.531. The maximum absolute atomic E-state index is 6.32. The number of fused-ring (bicyclic) bond motifs is 11. The third kappa shape index (κ3) is 4.17. The summed E-state index contributed by atoms with van der Waals surface area (Å²) < 4.78 is 12.0. The van der Waals surface area contributed by atoms with E-state index in [1.54, 1.807) is 11.3 Å². The summed E-state index contributed by atoms with van der Waals surface area (Å²) in [6, 6.07) is 54.3. The van der Waals surface area contributed by atoms with Crippen molar-refractivity contribution in [2.24, 2.45) is 0 Å². The monoisotopic (exact) mass is 710 g/mol. The first-order valence-electron chi connectivity index (χ1n) is 17.8. The molecular weight excluding hydrogens is 685 g/mol. The Bertz CT molecular complexity index is 3430. The normalized spacial score (nSPS) is 12.1. The van der Waals surface area contributed by atoms with Crippen LogP contribution < -0.4 is 0 Å². The minimum Gasteiger partial charge on any atom is -0.456 e. The second kappa shape index (κ2) is 11.2. The molecule has 0 spiro atoms. The van der Waals surface area contributed by atoms with Gasteiger partial charge in [-0.2, -0.15) is 9.97 Å². The van der Waals surface area contributed by atoms with Gasteiger partial charge in [-0.25, -0.2) is 9.97 Å². The highest BCUT2D eigenvalue weighted by Crippen LogP contribution is 2.43. The number of nitrogens with zero attached hydrogens (tertiary/aromatic N) is 6. The Morgan fingerprint density at radius 2 is 1.07 bits per heavy atom. The van der Waals surface area contributed by atoms with Gasteiger partial charge < -0.3 is 4.42 Å². The highest BCUT2D eigenvalue weighted by Gasteiger charge is 2.25. The molecule has 7 nitrogen and oxygen atoms in total. The molecule has 5 heterocycles. The summed E-state index contributed by atoms with van der Waals surface area (Å²) in [4.78, 5) is 21.1. The van der Waals surface area contributed by atoms with Crippen molar-refractivity contribution in [2.45, 2.75) is 0 Å². The minimum atomic E-state index is 0.531. The summed E-state index contributed by atoms with van der Waals surface area (Å²) >= 11 is 1.70. The standard InChI is InChI=1S/C46H26N6OS/c1-2-13-27(14-3-1)43-48-44(33-18-12-23-38-40(33)32-17-6-10-22-37(32)53-38)50-45(49-43)51-35-20-8-4-15-28(35)30-25-26-31-29-16-5-9-21-36(29)52(42(31)41(30)51)46-47-34-19-7-11-24-39(34)54-46/h1-26H. The van der Waals surface area contributed by atoms with E-state index >= 15 is 0 Å². The lowest BCUT2D eigenvalue weighted by Crippen LogP contribution is -2.07. The average Bonchev–Trinajstić information content (AvgIpc) is 4.00. The molecule has 0 atom stereocenters. The molecule has 5 aromatic heterocycles. The summed E-state index contributed by atoms with van der Waals surface area (Å²) in [5.41, 5.74) is 8.53. The number of rotatable bonds is 4. The largest absolute Gasteiger partial charge is 0.456 e. The van der Waals surface area contributed by atoms with Crippen molar-refractivity contribution >= 4 is 87.1 Å². The zero-order valence-electron chi connectivity index (χ0n) is 28.5. The van der Waals surface area contributed by atoms with Crippen molar-refractivity contribution in [1.29, 1.82) is 0 Å². The van der Waals surface area contributed by atoms with Crippen molar-refractivity contribution in [1.82, 2.24) is 29.1 Å². The summed E-state index contributed by atoms with van der Waals surface area (Å²) in [7, 11) is 0. The van der Waals surface area contributed by atoms with E-state index in [1.165, 1.54) is 0 Å². The smallest absolute Gasteiger partial charge is 0.238 e. The van der Waals surface area contributed by atoms with Crippen LogP contribution in [0.15, 0.2) is 162 Å². The number of hydrogen-bond donors (Lipinski definition) is 0. The summed E-state index contributed by atoms with van der Waals surface area (Å²) in [6.07, 6.45) is 0. The highest BCUT2D eigenvalue weighted by molar-refractivity contribution is 7.20. The predicted molar refractivity (Wildman–Crippen MR) is 220 cm³/mol. The Morgan fingerprint density at radius 1 is 0.444 bits per heavy atom. The second-order valence-corrected chi connectivity index (χ2v) is 14.5. The maximum Gasteiger partial charge on any atom is 0.238 e. The number of hydrogen-bond acceptors (Lipinski definition) is 6. The van der Waals surface area contributed by atoms with Gasteiger partial charge in [0.05, 0.1) is 32.3 Å². The van der Waals surface area contributed by atoms with Gasteiger partial charge in [-0.05, 0) is 36.4 Å². The van der Waals surface area contributed by atoms with Gasteiger partial charge in [0, 0.05) is 43.4 Å². The van der Waals surface area contributed by atoms with Crippen molar-refractivity contribution in [3.8, 4) is 33.9 Å². The van der Waals surface area contributed by atoms with Gasteiger partial charge in [-0.15, -0.1) is 0 Å². The van der Waals surface area contributed by atoms with Gasteiger partial charge in [-0.3, -0.25) is 9.13 Å². The number of aromatic nitrogens is 6. The molecule has 54 heavy (non-hydrogen) atoms. The Kier molecular flexibility index (Phi) is 6.09. The van der Waals surface area contributed by atoms with Crippen molar-refractivity contribution in [2.75, 3.05) is 0 Å². The van der Waals surface area contributed by atoms with E-state index in [0.717, 1.165) is 92.0 Å². The van der Waals surface area contributed by atoms with Gasteiger partial charge in [0.25, 0.3) is 0 Å². The van der Waals surface area contributed by atoms with Crippen LogP contribution in [0.1, 0.15) is 0 Å². The van der Waals surface area contributed by atoms with Crippen LogP contribution in [0.4, 0.5) is 0 Å². The average molecular weight is 711 g/mol. The molecule has 0 aliphatic rings. The fraction of sp³-hybridized carbons (Fsp3) is 0. The van der Waals surface area contributed by atoms with Gasteiger partial charge in [0.2, 0.25) is 5.95 Å². The number of thiazole rings is 1. The molecule has 0 saturated heterocycles. The van der Waals surface area contributed by atoms with Gasteiger partial charge >= 0.3 is 0 Å². The third-order valence-electron chi connectivity index (χ3n) is 10.4. The first-order chi connectivity index (χ1) is 26.8. The molecule has 0 aliphatic heterocycles. The molecule has 8 heteroatoms. The van der Waals surface area contributed by atoms with Crippen LogP contribution in [0.2, 0.25) is 0 Å². The van der Waals surface area contributed by atoms with E-state index < -0.39 is 0 Å². The van der Waals surface area contributed by atoms with Crippen molar-refractivity contribution in [3.63, 3.8) is 0 Å². The zero-order chi connectivity index (χ0) is 35.3. The number of furan rings is 1. The Labute approximate surface area is 311 Å². The third-order valence-corrected chi connectivity index (χ3v) is 11.5. The SMILES string of the molecule is c1ccc(-c2nc(-c3cccc4oc5ccccc5c34)nc(-n3c4ccccc4c4ccc5c6ccccc6n(-c6nc7ccccc7s6)c5c43)n2)cc1. The van der Waals surface area contributed by atoms with Crippen LogP contribution in [0.3, 0.4) is 0 Å².